The molecule has 0 aromatic carbocycles. The molecule has 5 heteroatoms. The van der Waals surface area contributed by atoms with Crippen molar-refractivity contribution in [2.45, 2.75) is 45.3 Å². The van der Waals surface area contributed by atoms with Crippen LogP contribution in [-0.2, 0) is 13.1 Å². The molecule has 1 aliphatic carbocycles. The largest absolute Gasteiger partial charge is 0.307 e. The van der Waals surface area contributed by atoms with Gasteiger partial charge in [0.25, 0.3) is 0 Å². The Labute approximate surface area is 101 Å². The SMILES string of the molecule is CCSCCCn1cnc(CNC2CC2)n1. The van der Waals surface area contributed by atoms with E-state index in [-0.39, 0.29) is 0 Å². The second-order valence-corrected chi connectivity index (χ2v) is 5.52. The van der Waals surface area contributed by atoms with Gasteiger partial charge in [0.15, 0.2) is 5.82 Å². The maximum Gasteiger partial charge on any atom is 0.164 e. The molecule has 0 bridgehead atoms. The van der Waals surface area contributed by atoms with E-state index >= 15 is 0 Å². The highest BCUT2D eigenvalue weighted by atomic mass is 32.2. The van der Waals surface area contributed by atoms with Crippen molar-refractivity contribution in [1.29, 1.82) is 0 Å². The first-order valence-electron chi connectivity index (χ1n) is 6.08. The molecule has 0 radical (unpaired) electrons. The summed E-state index contributed by atoms with van der Waals surface area (Å²) in [6.07, 6.45) is 5.65. The van der Waals surface area contributed by atoms with Crippen LogP contribution in [0.5, 0.6) is 0 Å². The van der Waals surface area contributed by atoms with E-state index in [9.17, 15) is 0 Å². The molecule has 0 aliphatic heterocycles. The van der Waals surface area contributed by atoms with Gasteiger partial charge in [-0.2, -0.15) is 16.9 Å². The average molecular weight is 240 g/mol. The molecule has 1 heterocycles. The second-order valence-electron chi connectivity index (χ2n) is 4.13. The Morgan fingerprint density at radius 1 is 1.56 bits per heavy atom. The minimum Gasteiger partial charge on any atom is -0.307 e. The van der Waals surface area contributed by atoms with Crippen LogP contribution in [0.3, 0.4) is 0 Å². The minimum atomic E-state index is 0.730. The van der Waals surface area contributed by atoms with Crippen LogP contribution < -0.4 is 5.32 Å². The van der Waals surface area contributed by atoms with Gasteiger partial charge in [0, 0.05) is 12.6 Å². The Morgan fingerprint density at radius 2 is 2.44 bits per heavy atom. The van der Waals surface area contributed by atoms with Gasteiger partial charge in [-0.3, -0.25) is 4.68 Å². The van der Waals surface area contributed by atoms with Gasteiger partial charge >= 0.3 is 0 Å². The lowest BCUT2D eigenvalue weighted by Crippen LogP contribution is -2.16. The Kier molecular flexibility index (Phi) is 4.66. The van der Waals surface area contributed by atoms with Crippen LogP contribution in [0.4, 0.5) is 0 Å². The van der Waals surface area contributed by atoms with Gasteiger partial charge in [0.2, 0.25) is 0 Å². The molecule has 1 aromatic heterocycles. The molecule has 0 amide bonds. The Hall–Kier alpha value is -0.550. The summed E-state index contributed by atoms with van der Waals surface area (Å²) in [5.41, 5.74) is 0. The van der Waals surface area contributed by atoms with Gasteiger partial charge in [-0.1, -0.05) is 6.92 Å². The van der Waals surface area contributed by atoms with Crippen molar-refractivity contribution in [3.05, 3.63) is 12.2 Å². The van der Waals surface area contributed by atoms with Crippen molar-refractivity contribution in [3.8, 4) is 0 Å². The number of nitrogens with one attached hydrogen (secondary N) is 1. The van der Waals surface area contributed by atoms with E-state index in [2.05, 4.69) is 22.3 Å². The van der Waals surface area contributed by atoms with Crippen LogP contribution in [0, 0.1) is 0 Å². The molecule has 1 aromatic rings. The molecule has 0 saturated heterocycles. The van der Waals surface area contributed by atoms with Crippen molar-refractivity contribution in [3.63, 3.8) is 0 Å². The van der Waals surface area contributed by atoms with Crippen molar-refractivity contribution >= 4 is 11.8 Å². The topological polar surface area (TPSA) is 42.7 Å². The van der Waals surface area contributed by atoms with Crippen molar-refractivity contribution in [1.82, 2.24) is 20.1 Å². The lowest BCUT2D eigenvalue weighted by atomic mass is 10.5. The van der Waals surface area contributed by atoms with Crippen molar-refractivity contribution in [2.24, 2.45) is 0 Å². The molecule has 2 rings (SSSR count). The van der Waals surface area contributed by atoms with E-state index in [1.807, 2.05) is 22.8 Å². The van der Waals surface area contributed by atoms with E-state index < -0.39 is 0 Å². The quantitative estimate of drug-likeness (QED) is 0.702. The van der Waals surface area contributed by atoms with E-state index in [1.165, 1.54) is 30.8 Å². The normalized spacial score (nSPS) is 15.6. The lowest BCUT2D eigenvalue weighted by Gasteiger charge is -2.00. The molecule has 4 nitrogen and oxygen atoms in total. The summed E-state index contributed by atoms with van der Waals surface area (Å²) in [6.45, 7) is 4.01. The Balaban J connectivity index is 1.64. The van der Waals surface area contributed by atoms with E-state index in [1.54, 1.807) is 0 Å². The first-order valence-corrected chi connectivity index (χ1v) is 7.23. The molecule has 1 aliphatic rings. The number of rotatable bonds is 8. The summed E-state index contributed by atoms with van der Waals surface area (Å²) in [6, 6.07) is 0.730. The molecular formula is C11H20N4S. The van der Waals surface area contributed by atoms with Crippen LogP contribution in [0.15, 0.2) is 6.33 Å². The summed E-state index contributed by atoms with van der Waals surface area (Å²) in [4.78, 5) is 4.30. The van der Waals surface area contributed by atoms with Crippen LogP contribution >= 0.6 is 11.8 Å². The molecule has 1 N–H and O–H groups in total. The Bertz CT molecular complexity index is 309. The molecule has 0 unspecified atom stereocenters. The molecule has 16 heavy (non-hydrogen) atoms. The third-order valence-corrected chi connectivity index (χ3v) is 3.58. The fraction of sp³-hybridized carbons (Fsp3) is 0.818. The molecule has 0 atom stereocenters. The zero-order valence-corrected chi connectivity index (χ0v) is 10.7. The van der Waals surface area contributed by atoms with Crippen LogP contribution in [0.2, 0.25) is 0 Å². The summed E-state index contributed by atoms with van der Waals surface area (Å²) < 4.78 is 1.96. The van der Waals surface area contributed by atoms with E-state index in [0.29, 0.717) is 0 Å². The van der Waals surface area contributed by atoms with Gasteiger partial charge in [0.1, 0.15) is 6.33 Å². The first kappa shape index (κ1) is 11.9. The molecule has 1 saturated carbocycles. The third-order valence-electron chi connectivity index (χ3n) is 2.59. The summed E-state index contributed by atoms with van der Waals surface area (Å²) in [5, 5.41) is 7.86. The molecule has 0 spiro atoms. The summed E-state index contributed by atoms with van der Waals surface area (Å²) in [7, 11) is 0. The van der Waals surface area contributed by atoms with Gasteiger partial charge in [0.05, 0.1) is 6.54 Å². The van der Waals surface area contributed by atoms with Crippen LogP contribution in [0.1, 0.15) is 32.0 Å². The Morgan fingerprint density at radius 3 is 3.19 bits per heavy atom. The number of aryl methyl sites for hydroxylation is 1. The number of nitrogens with zero attached hydrogens (tertiary/aromatic N) is 3. The fourth-order valence-electron chi connectivity index (χ4n) is 1.52. The van der Waals surface area contributed by atoms with Gasteiger partial charge in [-0.15, -0.1) is 0 Å². The molecular weight excluding hydrogens is 220 g/mol. The highest BCUT2D eigenvalue weighted by Crippen LogP contribution is 2.18. The number of aromatic nitrogens is 3. The van der Waals surface area contributed by atoms with E-state index in [0.717, 1.165) is 25.0 Å². The number of hydrogen-bond donors (Lipinski definition) is 1. The predicted molar refractivity (Wildman–Crippen MR) is 67.5 cm³/mol. The van der Waals surface area contributed by atoms with Gasteiger partial charge in [-0.05, 0) is 30.8 Å². The maximum absolute atomic E-state index is 4.44. The van der Waals surface area contributed by atoms with Crippen LogP contribution in [-0.4, -0.2) is 32.3 Å². The lowest BCUT2D eigenvalue weighted by molar-refractivity contribution is 0.584. The number of hydrogen-bond acceptors (Lipinski definition) is 4. The summed E-state index contributed by atoms with van der Waals surface area (Å²) >= 11 is 1.98. The highest BCUT2D eigenvalue weighted by molar-refractivity contribution is 7.99. The van der Waals surface area contributed by atoms with Gasteiger partial charge in [-0.25, -0.2) is 4.98 Å². The molecule has 90 valence electrons. The minimum absolute atomic E-state index is 0.730. The summed E-state index contributed by atoms with van der Waals surface area (Å²) in [5.74, 6) is 3.34. The van der Waals surface area contributed by atoms with Crippen molar-refractivity contribution in [2.75, 3.05) is 11.5 Å². The van der Waals surface area contributed by atoms with E-state index in [4.69, 9.17) is 0 Å². The van der Waals surface area contributed by atoms with Crippen LogP contribution in [0.25, 0.3) is 0 Å². The molecule has 1 fully saturated rings. The smallest absolute Gasteiger partial charge is 0.164 e. The van der Waals surface area contributed by atoms with Crippen molar-refractivity contribution < 1.29 is 0 Å². The maximum atomic E-state index is 4.44. The number of thioether (sulfide) groups is 1. The fourth-order valence-corrected chi connectivity index (χ4v) is 2.14. The third kappa shape index (κ3) is 4.14. The zero-order valence-electron chi connectivity index (χ0n) is 9.85. The second kappa shape index (κ2) is 6.25. The monoisotopic (exact) mass is 240 g/mol. The van der Waals surface area contributed by atoms with Gasteiger partial charge < -0.3 is 5.32 Å². The first-order chi connectivity index (χ1) is 7.88. The highest BCUT2D eigenvalue weighted by Gasteiger charge is 2.20. The zero-order chi connectivity index (χ0) is 11.2. The standard InChI is InChI=1S/C11H20N4S/c1-2-16-7-3-6-15-9-13-11(14-15)8-12-10-4-5-10/h9-10,12H,2-8H2,1H3. The predicted octanol–water partition coefficient (Wildman–Crippen LogP) is 1.67. The average Bonchev–Trinajstić information content (AvgIpc) is 3.02.